The highest BCUT2D eigenvalue weighted by Crippen LogP contribution is 2.24. The molecule has 2 heterocycles. The third kappa shape index (κ3) is 2.15. The molecule has 0 fully saturated rings. The predicted octanol–water partition coefficient (Wildman–Crippen LogP) is 4.23. The molecular formula is C14H11BrClN3. The Balaban J connectivity index is 2.36. The minimum absolute atomic E-state index is 0.350. The second-order valence-electron chi connectivity index (χ2n) is 4.28. The normalized spacial score (nSPS) is 11.1. The van der Waals surface area contributed by atoms with Gasteiger partial charge in [0.25, 0.3) is 0 Å². The fourth-order valence-corrected chi connectivity index (χ4v) is 2.68. The zero-order chi connectivity index (χ0) is 13.4. The van der Waals surface area contributed by atoms with Crippen molar-refractivity contribution in [2.45, 2.75) is 12.8 Å². The molecule has 0 N–H and O–H groups in total. The second kappa shape index (κ2) is 4.94. The maximum atomic E-state index is 6.02. The summed E-state index contributed by atoms with van der Waals surface area (Å²) in [5.41, 5.74) is 3.85. The van der Waals surface area contributed by atoms with Crippen LogP contribution >= 0.6 is 27.5 Å². The van der Waals surface area contributed by atoms with Gasteiger partial charge in [-0.15, -0.1) is 11.6 Å². The molecule has 0 aliphatic heterocycles. The molecule has 1 aromatic carbocycles. The highest BCUT2D eigenvalue weighted by molar-refractivity contribution is 9.10. The lowest BCUT2D eigenvalue weighted by Gasteiger charge is -2.07. The molecule has 96 valence electrons. The number of benzene rings is 1. The van der Waals surface area contributed by atoms with Crippen molar-refractivity contribution < 1.29 is 0 Å². The lowest BCUT2D eigenvalue weighted by atomic mass is 10.2. The van der Waals surface area contributed by atoms with Gasteiger partial charge in [0.05, 0.1) is 5.88 Å². The maximum Gasteiger partial charge on any atom is 0.164 e. The van der Waals surface area contributed by atoms with Crippen LogP contribution < -0.4 is 0 Å². The van der Waals surface area contributed by atoms with E-state index >= 15 is 0 Å². The Morgan fingerprint density at radius 3 is 2.89 bits per heavy atom. The molecule has 0 radical (unpaired) electrons. The Hall–Kier alpha value is -1.39. The fourth-order valence-electron chi connectivity index (χ4n) is 2.12. The molecule has 2 aromatic heterocycles. The van der Waals surface area contributed by atoms with Crippen molar-refractivity contribution >= 4 is 38.7 Å². The highest BCUT2D eigenvalue weighted by Gasteiger charge is 2.14. The van der Waals surface area contributed by atoms with Crippen LogP contribution in [0.25, 0.3) is 16.9 Å². The number of fused-ring (bicyclic) bond motifs is 1. The molecule has 3 rings (SSSR count). The standard InChI is InChI=1S/C14H11BrClN3/c1-9-5-6-17-14-13(9)18-12(8-16)19(14)11-4-2-3-10(15)7-11/h2-7H,8H2,1H3. The van der Waals surface area contributed by atoms with E-state index in [2.05, 4.69) is 25.9 Å². The van der Waals surface area contributed by atoms with Gasteiger partial charge in [-0.2, -0.15) is 0 Å². The van der Waals surface area contributed by atoms with Gasteiger partial charge in [0, 0.05) is 16.4 Å². The van der Waals surface area contributed by atoms with Crippen LogP contribution in [0.3, 0.4) is 0 Å². The second-order valence-corrected chi connectivity index (χ2v) is 5.46. The van der Waals surface area contributed by atoms with Gasteiger partial charge in [-0.3, -0.25) is 4.57 Å². The number of hydrogen-bond acceptors (Lipinski definition) is 2. The van der Waals surface area contributed by atoms with Crippen molar-refractivity contribution in [1.82, 2.24) is 14.5 Å². The van der Waals surface area contributed by atoms with Crippen molar-refractivity contribution in [3.05, 3.63) is 52.4 Å². The number of halogens is 2. The van der Waals surface area contributed by atoms with Crippen LogP contribution in [-0.2, 0) is 5.88 Å². The van der Waals surface area contributed by atoms with Gasteiger partial charge in [-0.25, -0.2) is 9.97 Å². The minimum atomic E-state index is 0.350. The van der Waals surface area contributed by atoms with Crippen molar-refractivity contribution in [2.75, 3.05) is 0 Å². The number of rotatable bonds is 2. The van der Waals surface area contributed by atoms with Crippen LogP contribution in [-0.4, -0.2) is 14.5 Å². The van der Waals surface area contributed by atoms with Gasteiger partial charge in [-0.1, -0.05) is 22.0 Å². The van der Waals surface area contributed by atoms with Crippen molar-refractivity contribution in [1.29, 1.82) is 0 Å². The average Bonchev–Trinajstić information content (AvgIpc) is 2.78. The molecule has 0 atom stereocenters. The van der Waals surface area contributed by atoms with Crippen LogP contribution in [0.1, 0.15) is 11.4 Å². The SMILES string of the molecule is Cc1ccnc2c1nc(CCl)n2-c1cccc(Br)c1. The average molecular weight is 337 g/mol. The van der Waals surface area contributed by atoms with Crippen LogP contribution in [0.5, 0.6) is 0 Å². The first-order valence-electron chi connectivity index (χ1n) is 5.85. The highest BCUT2D eigenvalue weighted by atomic mass is 79.9. The van der Waals surface area contributed by atoms with E-state index in [-0.39, 0.29) is 0 Å². The van der Waals surface area contributed by atoms with E-state index < -0.39 is 0 Å². The minimum Gasteiger partial charge on any atom is -0.280 e. The van der Waals surface area contributed by atoms with Crippen molar-refractivity contribution in [3.8, 4) is 5.69 Å². The van der Waals surface area contributed by atoms with Gasteiger partial charge in [0.2, 0.25) is 0 Å². The summed E-state index contributed by atoms with van der Waals surface area (Å²) in [7, 11) is 0. The van der Waals surface area contributed by atoms with Crippen LogP contribution in [0.15, 0.2) is 41.0 Å². The quantitative estimate of drug-likeness (QED) is 0.656. The molecule has 3 aromatic rings. The van der Waals surface area contributed by atoms with Crippen LogP contribution in [0.4, 0.5) is 0 Å². The van der Waals surface area contributed by atoms with Crippen LogP contribution in [0.2, 0.25) is 0 Å². The van der Waals surface area contributed by atoms with Gasteiger partial charge in [0.15, 0.2) is 5.65 Å². The Kier molecular flexibility index (Phi) is 3.29. The van der Waals surface area contributed by atoms with Gasteiger partial charge in [0.1, 0.15) is 11.3 Å². The summed E-state index contributed by atoms with van der Waals surface area (Å²) in [5.74, 6) is 1.15. The Bertz CT molecular complexity index is 752. The molecule has 0 unspecified atom stereocenters. The monoisotopic (exact) mass is 335 g/mol. The van der Waals surface area contributed by atoms with E-state index in [0.29, 0.717) is 5.88 Å². The summed E-state index contributed by atoms with van der Waals surface area (Å²) < 4.78 is 3.01. The first-order valence-corrected chi connectivity index (χ1v) is 7.18. The molecule has 19 heavy (non-hydrogen) atoms. The van der Waals surface area contributed by atoms with Crippen molar-refractivity contribution in [3.63, 3.8) is 0 Å². The van der Waals surface area contributed by atoms with E-state index in [0.717, 1.165) is 32.7 Å². The van der Waals surface area contributed by atoms with Gasteiger partial charge in [-0.05, 0) is 36.8 Å². The number of aryl methyl sites for hydroxylation is 1. The summed E-state index contributed by atoms with van der Waals surface area (Å²) in [6.45, 7) is 2.03. The summed E-state index contributed by atoms with van der Waals surface area (Å²) in [5, 5.41) is 0. The van der Waals surface area contributed by atoms with Gasteiger partial charge >= 0.3 is 0 Å². The smallest absolute Gasteiger partial charge is 0.164 e. The third-order valence-electron chi connectivity index (χ3n) is 3.00. The Morgan fingerprint density at radius 2 is 2.16 bits per heavy atom. The predicted molar refractivity (Wildman–Crippen MR) is 80.9 cm³/mol. The van der Waals surface area contributed by atoms with E-state index in [1.807, 2.05) is 41.8 Å². The molecule has 0 saturated carbocycles. The summed E-state index contributed by atoms with van der Waals surface area (Å²) in [6.07, 6.45) is 1.80. The number of imidazole rings is 1. The molecule has 0 aliphatic rings. The number of nitrogens with zero attached hydrogens (tertiary/aromatic N) is 3. The largest absolute Gasteiger partial charge is 0.280 e. The zero-order valence-corrected chi connectivity index (χ0v) is 12.6. The topological polar surface area (TPSA) is 30.7 Å². The van der Waals surface area contributed by atoms with Gasteiger partial charge < -0.3 is 0 Å². The number of alkyl halides is 1. The molecule has 0 aliphatic carbocycles. The molecule has 0 spiro atoms. The summed E-state index contributed by atoms with van der Waals surface area (Å²) in [4.78, 5) is 9.03. The van der Waals surface area contributed by atoms with Crippen LogP contribution in [0, 0.1) is 6.92 Å². The van der Waals surface area contributed by atoms with E-state index in [1.54, 1.807) is 6.20 Å². The lowest BCUT2D eigenvalue weighted by molar-refractivity contribution is 0.969. The third-order valence-corrected chi connectivity index (χ3v) is 3.74. The first-order chi connectivity index (χ1) is 9.20. The fraction of sp³-hybridized carbons (Fsp3) is 0.143. The Labute approximate surface area is 124 Å². The lowest BCUT2D eigenvalue weighted by Crippen LogP contribution is -2.00. The molecule has 0 bridgehead atoms. The number of aromatic nitrogens is 3. The van der Waals surface area contributed by atoms with E-state index in [1.165, 1.54) is 0 Å². The number of pyridine rings is 1. The number of hydrogen-bond donors (Lipinski definition) is 0. The van der Waals surface area contributed by atoms with Crippen molar-refractivity contribution in [2.24, 2.45) is 0 Å². The van der Waals surface area contributed by atoms with E-state index in [4.69, 9.17) is 11.6 Å². The molecule has 3 nitrogen and oxygen atoms in total. The molecular weight excluding hydrogens is 326 g/mol. The maximum absolute atomic E-state index is 6.02. The molecule has 0 amide bonds. The van der Waals surface area contributed by atoms with E-state index in [9.17, 15) is 0 Å². The molecule has 0 saturated heterocycles. The summed E-state index contributed by atoms with van der Waals surface area (Å²) in [6, 6.07) is 9.98. The Morgan fingerprint density at radius 1 is 1.32 bits per heavy atom. The first kappa shape index (κ1) is 12.6. The zero-order valence-electron chi connectivity index (χ0n) is 10.3. The molecule has 5 heteroatoms. The summed E-state index contributed by atoms with van der Waals surface area (Å²) >= 11 is 9.51.